The highest BCUT2D eigenvalue weighted by molar-refractivity contribution is 5.93. The molecule has 0 bridgehead atoms. The first kappa shape index (κ1) is 25.0. The molecule has 7 nitrogen and oxygen atoms in total. The molecule has 1 N–H and O–H groups in total. The molecule has 7 heteroatoms. The van der Waals surface area contributed by atoms with Gasteiger partial charge in [-0.1, -0.05) is 23.8 Å². The van der Waals surface area contributed by atoms with E-state index in [0.717, 1.165) is 40.8 Å². The SMILES string of the molecule is C#Cc1cccc(Nc2ncnc3cc(OCC)c(C#CC(C)(C)N4CCN(C(C)=O)CC4)cc23)c1. The van der Waals surface area contributed by atoms with Gasteiger partial charge in [-0.25, -0.2) is 9.97 Å². The zero-order chi connectivity index (χ0) is 25.7. The molecule has 0 aliphatic carbocycles. The van der Waals surface area contributed by atoms with E-state index in [1.807, 2.05) is 48.2 Å². The summed E-state index contributed by atoms with van der Waals surface area (Å²) in [5.74, 6) is 10.9. The number of fused-ring (bicyclic) bond motifs is 1. The summed E-state index contributed by atoms with van der Waals surface area (Å²) in [6, 6.07) is 11.5. The Labute approximate surface area is 212 Å². The number of piperazine rings is 1. The maximum absolute atomic E-state index is 11.7. The second-order valence-electron chi connectivity index (χ2n) is 9.17. The number of hydrogen-bond donors (Lipinski definition) is 1. The van der Waals surface area contributed by atoms with Crippen LogP contribution in [0.25, 0.3) is 10.9 Å². The molecular formula is C29H31N5O2. The Bertz CT molecular complexity index is 1370. The van der Waals surface area contributed by atoms with E-state index in [1.54, 1.807) is 6.92 Å². The largest absolute Gasteiger partial charge is 0.492 e. The number of amides is 1. The number of anilines is 2. The monoisotopic (exact) mass is 481 g/mol. The molecule has 2 aromatic carbocycles. The second kappa shape index (κ2) is 10.7. The second-order valence-corrected chi connectivity index (χ2v) is 9.17. The van der Waals surface area contributed by atoms with Crippen LogP contribution in [-0.2, 0) is 4.79 Å². The van der Waals surface area contributed by atoms with Gasteiger partial charge in [0.1, 0.15) is 17.9 Å². The molecule has 1 saturated heterocycles. The van der Waals surface area contributed by atoms with E-state index in [0.29, 0.717) is 31.3 Å². The average Bonchev–Trinajstić information content (AvgIpc) is 2.88. The normalized spacial score (nSPS) is 14.0. The van der Waals surface area contributed by atoms with Crippen molar-refractivity contribution in [3.05, 3.63) is 53.9 Å². The number of benzene rings is 2. The lowest BCUT2D eigenvalue weighted by atomic mass is 10.0. The highest BCUT2D eigenvalue weighted by Gasteiger charge is 2.29. The molecule has 1 aliphatic heterocycles. The molecule has 36 heavy (non-hydrogen) atoms. The first-order valence-corrected chi connectivity index (χ1v) is 12.1. The lowest BCUT2D eigenvalue weighted by molar-refractivity contribution is -0.131. The summed E-state index contributed by atoms with van der Waals surface area (Å²) >= 11 is 0. The fraction of sp³-hybridized carbons (Fsp3) is 0.345. The third-order valence-corrected chi connectivity index (χ3v) is 6.35. The standard InChI is InChI=1S/C29H31N5O2/c1-6-22-9-8-10-24(17-22)32-28-25-18-23(27(36-7-2)19-26(25)30-20-31-28)11-12-29(4,5)34-15-13-33(14-16-34)21(3)35/h1,8-10,17-20H,7,13-16H2,2-5H3,(H,30,31,32). The minimum Gasteiger partial charge on any atom is -0.492 e. The number of nitrogens with zero attached hydrogens (tertiary/aromatic N) is 4. The minimum atomic E-state index is -0.370. The van der Waals surface area contributed by atoms with Crippen LogP contribution >= 0.6 is 0 Å². The van der Waals surface area contributed by atoms with Crippen LogP contribution in [0.5, 0.6) is 5.75 Å². The molecule has 184 valence electrons. The zero-order valence-electron chi connectivity index (χ0n) is 21.3. The molecule has 0 spiro atoms. The Balaban J connectivity index is 1.67. The fourth-order valence-corrected chi connectivity index (χ4v) is 4.26. The Morgan fingerprint density at radius 3 is 2.64 bits per heavy atom. The minimum absolute atomic E-state index is 0.119. The van der Waals surface area contributed by atoms with Gasteiger partial charge in [0.25, 0.3) is 0 Å². The smallest absolute Gasteiger partial charge is 0.219 e. The van der Waals surface area contributed by atoms with Crippen molar-refractivity contribution in [3.63, 3.8) is 0 Å². The fourth-order valence-electron chi connectivity index (χ4n) is 4.26. The van der Waals surface area contributed by atoms with Gasteiger partial charge in [0, 0.05) is 55.8 Å². The molecule has 4 rings (SSSR count). The highest BCUT2D eigenvalue weighted by atomic mass is 16.5. The third-order valence-electron chi connectivity index (χ3n) is 6.35. The Hall–Kier alpha value is -4.07. The summed E-state index contributed by atoms with van der Waals surface area (Å²) in [6.45, 7) is 11.3. The lowest BCUT2D eigenvalue weighted by Gasteiger charge is -2.41. The number of hydrogen-bond acceptors (Lipinski definition) is 6. The maximum Gasteiger partial charge on any atom is 0.219 e. The number of ether oxygens (including phenoxy) is 1. The molecule has 0 radical (unpaired) electrons. The predicted molar refractivity (Wildman–Crippen MR) is 143 cm³/mol. The van der Waals surface area contributed by atoms with E-state index in [-0.39, 0.29) is 11.4 Å². The molecule has 3 aromatic rings. The summed E-state index contributed by atoms with van der Waals surface area (Å²) in [7, 11) is 0. The van der Waals surface area contributed by atoms with E-state index in [4.69, 9.17) is 11.2 Å². The Kier molecular flexibility index (Phi) is 7.43. The Morgan fingerprint density at radius 2 is 1.94 bits per heavy atom. The van der Waals surface area contributed by atoms with Crippen molar-refractivity contribution in [2.75, 3.05) is 38.1 Å². The molecular weight excluding hydrogens is 450 g/mol. The number of carbonyl (C=O) groups excluding carboxylic acids is 1. The van der Waals surface area contributed by atoms with Gasteiger partial charge in [-0.2, -0.15) is 0 Å². The van der Waals surface area contributed by atoms with Gasteiger partial charge in [-0.3, -0.25) is 9.69 Å². The molecule has 2 heterocycles. The molecule has 1 fully saturated rings. The first-order valence-electron chi connectivity index (χ1n) is 12.1. The number of rotatable bonds is 5. The van der Waals surface area contributed by atoms with Gasteiger partial charge >= 0.3 is 0 Å². The van der Waals surface area contributed by atoms with Crippen LogP contribution in [-0.4, -0.2) is 64.0 Å². The quantitative estimate of drug-likeness (QED) is 0.555. The van der Waals surface area contributed by atoms with Crippen molar-refractivity contribution in [2.45, 2.75) is 33.2 Å². The lowest BCUT2D eigenvalue weighted by Crippen LogP contribution is -2.55. The summed E-state index contributed by atoms with van der Waals surface area (Å²) in [5, 5.41) is 4.20. The van der Waals surface area contributed by atoms with Crippen LogP contribution in [0.2, 0.25) is 0 Å². The highest BCUT2D eigenvalue weighted by Crippen LogP contribution is 2.30. The van der Waals surface area contributed by atoms with Gasteiger partial charge in [0.15, 0.2) is 0 Å². The summed E-state index contributed by atoms with van der Waals surface area (Å²) in [6.07, 6.45) is 7.08. The van der Waals surface area contributed by atoms with E-state index in [2.05, 4.69) is 51.8 Å². The molecule has 1 aliphatic rings. The summed E-state index contributed by atoms with van der Waals surface area (Å²) < 4.78 is 5.92. The van der Waals surface area contributed by atoms with E-state index < -0.39 is 0 Å². The number of carbonyl (C=O) groups is 1. The molecule has 0 atom stereocenters. The van der Waals surface area contributed by atoms with Crippen LogP contribution in [0, 0.1) is 24.2 Å². The molecule has 0 unspecified atom stereocenters. The van der Waals surface area contributed by atoms with E-state index >= 15 is 0 Å². The van der Waals surface area contributed by atoms with Crippen molar-refractivity contribution >= 4 is 28.3 Å². The molecule has 0 saturated carbocycles. The third kappa shape index (κ3) is 5.59. The van der Waals surface area contributed by atoms with Crippen molar-refractivity contribution in [2.24, 2.45) is 0 Å². The number of terminal acetylenes is 1. The van der Waals surface area contributed by atoms with Gasteiger partial charge in [0.2, 0.25) is 5.91 Å². The van der Waals surface area contributed by atoms with E-state index in [9.17, 15) is 4.79 Å². The average molecular weight is 482 g/mol. The van der Waals surface area contributed by atoms with Crippen LogP contribution in [0.1, 0.15) is 38.8 Å². The van der Waals surface area contributed by atoms with Gasteiger partial charge in [-0.05, 0) is 45.0 Å². The molecule has 1 aromatic heterocycles. The van der Waals surface area contributed by atoms with Crippen LogP contribution in [0.15, 0.2) is 42.7 Å². The number of aromatic nitrogens is 2. The topological polar surface area (TPSA) is 70.6 Å². The van der Waals surface area contributed by atoms with Crippen LogP contribution < -0.4 is 10.1 Å². The van der Waals surface area contributed by atoms with Crippen molar-refractivity contribution in [1.82, 2.24) is 19.8 Å². The Morgan fingerprint density at radius 1 is 1.17 bits per heavy atom. The van der Waals surface area contributed by atoms with Crippen molar-refractivity contribution < 1.29 is 9.53 Å². The first-order chi connectivity index (χ1) is 17.3. The van der Waals surface area contributed by atoms with Crippen LogP contribution in [0.3, 0.4) is 0 Å². The van der Waals surface area contributed by atoms with Crippen LogP contribution in [0.4, 0.5) is 11.5 Å². The zero-order valence-corrected chi connectivity index (χ0v) is 21.3. The summed E-state index contributed by atoms with van der Waals surface area (Å²) in [5.41, 5.74) is 2.79. The van der Waals surface area contributed by atoms with Crippen molar-refractivity contribution in [3.8, 4) is 29.9 Å². The molecule has 1 amide bonds. The number of nitrogens with one attached hydrogen (secondary N) is 1. The van der Waals surface area contributed by atoms with Gasteiger partial charge in [0.05, 0.1) is 23.2 Å². The van der Waals surface area contributed by atoms with Crippen molar-refractivity contribution in [1.29, 1.82) is 0 Å². The maximum atomic E-state index is 11.7. The van der Waals surface area contributed by atoms with Gasteiger partial charge < -0.3 is 15.0 Å². The van der Waals surface area contributed by atoms with E-state index in [1.165, 1.54) is 6.33 Å². The summed E-state index contributed by atoms with van der Waals surface area (Å²) in [4.78, 5) is 24.8. The predicted octanol–water partition coefficient (Wildman–Crippen LogP) is 4.05. The van der Waals surface area contributed by atoms with Gasteiger partial charge in [-0.15, -0.1) is 6.42 Å².